The smallest absolute Gasteiger partial charge is 0.282 e. The Morgan fingerprint density at radius 1 is 1.25 bits per heavy atom. The highest BCUT2D eigenvalue weighted by Crippen LogP contribution is 2.37. The maximum Gasteiger partial charge on any atom is 0.282 e. The molecular weight excluding hydrogens is 387 g/mol. The van der Waals surface area contributed by atoms with Crippen molar-refractivity contribution in [2.45, 2.75) is 0 Å². The van der Waals surface area contributed by atoms with Crippen molar-refractivity contribution >= 4 is 35.2 Å². The molecule has 0 atom stereocenters. The summed E-state index contributed by atoms with van der Waals surface area (Å²) in [5, 5.41) is 1.31. The second-order valence-corrected chi connectivity index (χ2v) is 6.16. The molecule has 1 saturated heterocycles. The molecule has 8 heteroatoms. The average molecular weight is 403 g/mol. The van der Waals surface area contributed by atoms with E-state index < -0.39 is 17.6 Å². The van der Waals surface area contributed by atoms with Gasteiger partial charge in [-0.3, -0.25) is 15.0 Å². The molecule has 2 aromatic carbocycles. The van der Waals surface area contributed by atoms with Crippen LogP contribution in [0.5, 0.6) is 11.5 Å². The molecule has 3 rings (SSSR count). The first-order chi connectivity index (χ1) is 13.4. The number of anilines is 1. The minimum absolute atomic E-state index is 0.0952. The number of amides is 2. The van der Waals surface area contributed by atoms with Gasteiger partial charge in [-0.2, -0.15) is 0 Å². The van der Waals surface area contributed by atoms with E-state index in [0.717, 1.165) is 5.01 Å². The Hall–Kier alpha value is -3.32. The number of rotatable bonds is 6. The summed E-state index contributed by atoms with van der Waals surface area (Å²) in [4.78, 5) is 24.9. The monoisotopic (exact) mass is 402 g/mol. The number of hydrogen-bond donors (Lipinski definition) is 1. The van der Waals surface area contributed by atoms with Gasteiger partial charge in [0.05, 0.1) is 17.8 Å². The zero-order chi connectivity index (χ0) is 20.3. The fourth-order valence-electron chi connectivity index (χ4n) is 2.60. The lowest BCUT2D eigenvalue weighted by atomic mass is 10.1. The molecule has 1 aliphatic rings. The summed E-state index contributed by atoms with van der Waals surface area (Å²) in [6.07, 6.45) is 2.96. The Morgan fingerprint density at radius 2 is 1.96 bits per heavy atom. The normalized spacial score (nSPS) is 15.0. The number of carbonyl (C=O) groups is 2. The van der Waals surface area contributed by atoms with E-state index in [1.54, 1.807) is 18.2 Å². The van der Waals surface area contributed by atoms with E-state index in [1.807, 2.05) is 0 Å². The van der Waals surface area contributed by atoms with E-state index in [-0.39, 0.29) is 17.2 Å². The van der Waals surface area contributed by atoms with E-state index in [1.165, 1.54) is 37.5 Å². The maximum atomic E-state index is 13.1. The third kappa shape index (κ3) is 3.84. The van der Waals surface area contributed by atoms with Crippen LogP contribution < -0.4 is 19.9 Å². The van der Waals surface area contributed by atoms with Gasteiger partial charge in [-0.05, 0) is 48.0 Å². The van der Waals surface area contributed by atoms with E-state index in [2.05, 4.69) is 12.0 Å². The van der Waals surface area contributed by atoms with Crippen molar-refractivity contribution in [1.82, 2.24) is 5.43 Å². The zero-order valence-corrected chi connectivity index (χ0v) is 15.6. The van der Waals surface area contributed by atoms with Gasteiger partial charge in [-0.25, -0.2) is 9.40 Å². The predicted molar refractivity (Wildman–Crippen MR) is 104 cm³/mol. The number of methoxy groups -OCH3 is 1. The first-order valence-corrected chi connectivity index (χ1v) is 8.56. The second-order valence-electron chi connectivity index (χ2n) is 5.75. The lowest BCUT2D eigenvalue weighted by molar-refractivity contribution is -0.117. The van der Waals surface area contributed by atoms with Gasteiger partial charge in [0, 0.05) is 0 Å². The Labute approximate surface area is 165 Å². The van der Waals surface area contributed by atoms with E-state index in [9.17, 15) is 14.0 Å². The molecule has 2 aromatic rings. The molecule has 1 heterocycles. The van der Waals surface area contributed by atoms with Crippen LogP contribution in [-0.2, 0) is 9.59 Å². The first kappa shape index (κ1) is 19.4. The van der Waals surface area contributed by atoms with Gasteiger partial charge in [0.25, 0.3) is 11.8 Å². The fraction of sp³-hybridized carbons (Fsp3) is 0.100. The van der Waals surface area contributed by atoms with Crippen LogP contribution in [0.25, 0.3) is 6.08 Å². The van der Waals surface area contributed by atoms with Gasteiger partial charge >= 0.3 is 0 Å². The van der Waals surface area contributed by atoms with Gasteiger partial charge in [0.1, 0.15) is 18.0 Å². The van der Waals surface area contributed by atoms with Crippen molar-refractivity contribution in [2.24, 2.45) is 0 Å². The number of hydrazine groups is 1. The SMILES string of the molecule is C=CCOc1c(Cl)cc(/C=C2\C(=O)NN(c3ccc(F)cc3)C2=O)cc1OC. The maximum absolute atomic E-state index is 13.1. The number of benzene rings is 2. The van der Waals surface area contributed by atoms with Crippen LogP contribution in [0.3, 0.4) is 0 Å². The molecule has 0 aliphatic carbocycles. The van der Waals surface area contributed by atoms with Gasteiger partial charge in [-0.1, -0.05) is 24.3 Å². The number of nitrogens with one attached hydrogen (secondary N) is 1. The third-order valence-corrected chi connectivity index (χ3v) is 4.17. The van der Waals surface area contributed by atoms with Crippen molar-refractivity contribution in [2.75, 3.05) is 18.7 Å². The fourth-order valence-corrected chi connectivity index (χ4v) is 2.88. The highest BCUT2D eigenvalue weighted by Gasteiger charge is 2.34. The molecule has 1 aliphatic heterocycles. The minimum atomic E-state index is -0.587. The van der Waals surface area contributed by atoms with E-state index in [0.29, 0.717) is 22.7 Å². The minimum Gasteiger partial charge on any atom is -0.493 e. The summed E-state index contributed by atoms with van der Waals surface area (Å²) < 4.78 is 23.8. The molecule has 6 nitrogen and oxygen atoms in total. The molecule has 1 fully saturated rings. The molecule has 2 amide bonds. The van der Waals surface area contributed by atoms with Crippen molar-refractivity contribution in [3.8, 4) is 11.5 Å². The summed E-state index contributed by atoms with van der Waals surface area (Å²) in [6.45, 7) is 3.81. The van der Waals surface area contributed by atoms with Crippen LogP contribution >= 0.6 is 11.6 Å². The summed E-state index contributed by atoms with van der Waals surface area (Å²) in [5.41, 5.74) is 3.17. The van der Waals surface area contributed by atoms with Crippen LogP contribution in [0.1, 0.15) is 5.56 Å². The topological polar surface area (TPSA) is 67.9 Å². The van der Waals surface area contributed by atoms with Crippen LogP contribution in [0.4, 0.5) is 10.1 Å². The average Bonchev–Trinajstić information content (AvgIpc) is 2.95. The highest BCUT2D eigenvalue weighted by atomic mass is 35.5. The largest absolute Gasteiger partial charge is 0.493 e. The summed E-state index contributed by atoms with van der Waals surface area (Å²) in [5.74, 6) is -0.920. The Kier molecular flexibility index (Phi) is 5.65. The van der Waals surface area contributed by atoms with Crippen molar-refractivity contribution < 1.29 is 23.5 Å². The molecule has 144 valence electrons. The number of carbonyl (C=O) groups excluding carboxylic acids is 2. The van der Waals surface area contributed by atoms with Gasteiger partial charge in [0.15, 0.2) is 11.5 Å². The predicted octanol–water partition coefficient (Wildman–Crippen LogP) is 3.51. The van der Waals surface area contributed by atoms with Gasteiger partial charge < -0.3 is 9.47 Å². The second kappa shape index (κ2) is 8.14. The molecule has 0 saturated carbocycles. The lowest BCUT2D eigenvalue weighted by Gasteiger charge is -2.14. The standard InChI is InChI=1S/C20H16ClFN2O4/c1-3-8-28-18-16(21)10-12(11-17(18)27-2)9-15-19(25)23-24(20(15)26)14-6-4-13(22)5-7-14/h3-7,9-11H,1,8H2,2H3,(H,23,25)/b15-9+. The highest BCUT2D eigenvalue weighted by molar-refractivity contribution is 6.33. The molecule has 1 N–H and O–H groups in total. The van der Waals surface area contributed by atoms with E-state index in [4.69, 9.17) is 21.1 Å². The molecule has 0 bridgehead atoms. The quantitative estimate of drug-likeness (QED) is 0.456. The molecule has 0 spiro atoms. The Bertz CT molecular complexity index is 973. The third-order valence-electron chi connectivity index (χ3n) is 3.88. The number of hydrogen-bond acceptors (Lipinski definition) is 4. The molecular formula is C20H16ClFN2O4. The molecule has 0 radical (unpaired) electrons. The zero-order valence-electron chi connectivity index (χ0n) is 14.9. The van der Waals surface area contributed by atoms with Crippen molar-refractivity contribution in [3.63, 3.8) is 0 Å². The van der Waals surface area contributed by atoms with Crippen LogP contribution in [0.2, 0.25) is 5.02 Å². The van der Waals surface area contributed by atoms with Crippen LogP contribution in [0, 0.1) is 5.82 Å². The van der Waals surface area contributed by atoms with Crippen molar-refractivity contribution in [1.29, 1.82) is 0 Å². The summed E-state index contributed by atoms with van der Waals surface area (Å²) >= 11 is 6.25. The van der Waals surface area contributed by atoms with Crippen molar-refractivity contribution in [3.05, 3.63) is 71.0 Å². The van der Waals surface area contributed by atoms with Crippen LogP contribution in [-0.4, -0.2) is 25.5 Å². The lowest BCUT2D eigenvalue weighted by Crippen LogP contribution is -2.35. The number of ether oxygens (including phenoxy) is 2. The molecule has 0 aromatic heterocycles. The van der Waals surface area contributed by atoms with Gasteiger partial charge in [0.2, 0.25) is 0 Å². The Morgan fingerprint density at radius 3 is 2.61 bits per heavy atom. The van der Waals surface area contributed by atoms with Gasteiger partial charge in [-0.15, -0.1) is 0 Å². The van der Waals surface area contributed by atoms with E-state index >= 15 is 0 Å². The summed E-state index contributed by atoms with van der Waals surface area (Å²) in [7, 11) is 1.45. The Balaban J connectivity index is 1.93. The number of halogens is 2. The number of nitrogens with zero attached hydrogens (tertiary/aromatic N) is 1. The molecule has 28 heavy (non-hydrogen) atoms. The van der Waals surface area contributed by atoms with Crippen LogP contribution in [0.15, 0.2) is 54.6 Å². The summed E-state index contributed by atoms with van der Waals surface area (Å²) in [6, 6.07) is 8.32. The molecule has 0 unspecified atom stereocenters. The first-order valence-electron chi connectivity index (χ1n) is 8.18.